The van der Waals surface area contributed by atoms with Crippen LogP contribution in [0.25, 0.3) is 0 Å². The molecule has 3 atom stereocenters. The summed E-state index contributed by atoms with van der Waals surface area (Å²) in [6.45, 7) is 3.94. The smallest absolute Gasteiger partial charge is 0.312 e. The number of aliphatic hydroxyl groups is 1. The second kappa shape index (κ2) is 10.6. The average Bonchev–Trinajstić information content (AvgIpc) is 3.26. The number of nitrogens with one attached hydrogen (secondary N) is 1. The highest BCUT2D eigenvalue weighted by Crippen LogP contribution is 2.43. The molecule has 1 aromatic carbocycles. The van der Waals surface area contributed by atoms with E-state index < -0.39 is 28.6 Å². The molecule has 0 amide bonds. The van der Waals surface area contributed by atoms with Crippen molar-refractivity contribution >= 4 is 47.7 Å². The van der Waals surface area contributed by atoms with Crippen LogP contribution in [0.5, 0.6) is 0 Å². The van der Waals surface area contributed by atoms with Gasteiger partial charge in [-0.15, -0.1) is 11.3 Å². The number of carbonyl (C=O) groups excluding carboxylic acids is 1. The van der Waals surface area contributed by atoms with Gasteiger partial charge < -0.3 is 15.2 Å². The van der Waals surface area contributed by atoms with Crippen molar-refractivity contribution < 1.29 is 23.4 Å². The maximum atomic E-state index is 14.9. The maximum absolute atomic E-state index is 14.9. The van der Waals surface area contributed by atoms with Crippen LogP contribution in [0.15, 0.2) is 35.7 Å². The molecule has 37 heavy (non-hydrogen) atoms. The van der Waals surface area contributed by atoms with Crippen LogP contribution in [0.4, 0.5) is 19.7 Å². The van der Waals surface area contributed by atoms with Gasteiger partial charge in [0.05, 0.1) is 28.9 Å². The zero-order valence-electron chi connectivity index (χ0n) is 21.0. The Labute approximate surface area is 224 Å². The Kier molecular flexibility index (Phi) is 7.89. The van der Waals surface area contributed by atoms with Gasteiger partial charge in [-0.3, -0.25) is 9.69 Å². The molecule has 2 aromatic heterocycles. The molecular formula is C25H28BClF2N4O3S. The van der Waals surface area contributed by atoms with E-state index in [0.717, 1.165) is 5.69 Å². The molecule has 4 rings (SSSR count). The lowest BCUT2D eigenvalue weighted by atomic mass is 9.69. The first-order valence-electron chi connectivity index (χ1n) is 11.8. The minimum Gasteiger partial charge on any atom is -0.469 e. The number of thiazole rings is 1. The van der Waals surface area contributed by atoms with Gasteiger partial charge in [0.25, 0.3) is 0 Å². The first kappa shape index (κ1) is 27.4. The van der Waals surface area contributed by atoms with Crippen LogP contribution in [-0.2, 0) is 21.6 Å². The SMILES string of the molecule is BC(O)(c1cccc(Cl)c1F)N1CCC(Cc2nc(Nc3nc(C)cs3)ccc2F)(C(=O)OC)CC1C. The highest BCUT2D eigenvalue weighted by atomic mass is 35.5. The van der Waals surface area contributed by atoms with Gasteiger partial charge in [0.1, 0.15) is 23.1 Å². The van der Waals surface area contributed by atoms with Gasteiger partial charge in [0, 0.05) is 30.0 Å². The minimum atomic E-state index is -1.68. The van der Waals surface area contributed by atoms with Crippen LogP contribution in [0.3, 0.4) is 0 Å². The number of likely N-dealkylation sites (tertiary alicyclic amines) is 1. The molecule has 1 aliphatic heterocycles. The molecule has 2 N–H and O–H groups in total. The number of nitrogens with zero attached hydrogens (tertiary/aromatic N) is 3. The predicted octanol–water partition coefficient (Wildman–Crippen LogP) is 4.14. The molecule has 0 radical (unpaired) electrons. The van der Waals surface area contributed by atoms with Crippen LogP contribution in [-0.4, -0.2) is 53.5 Å². The fourth-order valence-corrected chi connectivity index (χ4v) is 6.03. The van der Waals surface area contributed by atoms with Gasteiger partial charge in [-0.1, -0.05) is 23.7 Å². The van der Waals surface area contributed by atoms with E-state index >= 15 is 0 Å². The van der Waals surface area contributed by atoms with E-state index in [4.69, 9.17) is 16.3 Å². The first-order chi connectivity index (χ1) is 17.5. The van der Waals surface area contributed by atoms with Crippen LogP contribution in [0.1, 0.15) is 36.7 Å². The molecule has 7 nitrogen and oxygen atoms in total. The Balaban J connectivity index is 1.60. The number of aryl methyl sites for hydroxylation is 1. The summed E-state index contributed by atoms with van der Waals surface area (Å²) in [6.07, 6.45) is 0.485. The van der Waals surface area contributed by atoms with Crippen molar-refractivity contribution in [1.29, 1.82) is 0 Å². The third-order valence-electron chi connectivity index (χ3n) is 6.97. The number of hydrogen-bond acceptors (Lipinski definition) is 8. The van der Waals surface area contributed by atoms with Crippen LogP contribution in [0.2, 0.25) is 5.02 Å². The molecule has 196 valence electrons. The molecular weight excluding hydrogens is 521 g/mol. The van der Waals surface area contributed by atoms with E-state index in [2.05, 4.69) is 15.3 Å². The molecule has 12 heteroatoms. The van der Waals surface area contributed by atoms with E-state index in [1.54, 1.807) is 11.0 Å². The number of aromatic nitrogens is 2. The van der Waals surface area contributed by atoms with E-state index in [1.165, 1.54) is 50.6 Å². The number of piperidine rings is 1. The number of methoxy groups -OCH3 is 1. The molecule has 3 heterocycles. The van der Waals surface area contributed by atoms with E-state index in [0.29, 0.717) is 10.9 Å². The molecule has 3 unspecified atom stereocenters. The Morgan fingerprint density at radius 2 is 2.14 bits per heavy atom. The molecule has 0 saturated carbocycles. The molecule has 0 spiro atoms. The molecule has 0 aliphatic carbocycles. The molecule has 3 aromatic rings. The second-order valence-corrected chi connectivity index (χ2v) is 10.9. The summed E-state index contributed by atoms with van der Waals surface area (Å²) in [5.41, 5.74) is -1.75. The molecule has 1 fully saturated rings. The third kappa shape index (κ3) is 5.50. The lowest BCUT2D eigenvalue weighted by molar-refractivity contribution is -0.163. The maximum Gasteiger partial charge on any atom is 0.312 e. The monoisotopic (exact) mass is 548 g/mol. The average molecular weight is 549 g/mol. The largest absolute Gasteiger partial charge is 0.469 e. The summed E-state index contributed by atoms with van der Waals surface area (Å²) in [6, 6.07) is 6.91. The van der Waals surface area contributed by atoms with E-state index in [9.17, 15) is 18.7 Å². The lowest BCUT2D eigenvalue weighted by Gasteiger charge is -2.49. The fourth-order valence-electron chi connectivity index (χ4n) is 5.16. The summed E-state index contributed by atoms with van der Waals surface area (Å²) >= 11 is 7.36. The Bertz CT molecular complexity index is 1310. The highest BCUT2D eigenvalue weighted by molar-refractivity contribution is 7.13. The third-order valence-corrected chi connectivity index (χ3v) is 8.13. The number of ether oxygens (including phenoxy) is 1. The first-order valence-corrected chi connectivity index (χ1v) is 13.1. The Morgan fingerprint density at radius 1 is 1.38 bits per heavy atom. The normalized spacial score (nSPS) is 21.9. The van der Waals surface area contributed by atoms with Crippen molar-refractivity contribution in [2.45, 2.75) is 44.8 Å². The number of carbonyl (C=O) groups is 1. The van der Waals surface area contributed by atoms with Crippen LogP contribution >= 0.6 is 22.9 Å². The number of rotatable bonds is 7. The molecule has 1 aliphatic rings. The van der Waals surface area contributed by atoms with Crippen LogP contribution < -0.4 is 5.32 Å². The predicted molar refractivity (Wildman–Crippen MR) is 142 cm³/mol. The fraction of sp³-hybridized carbons (Fsp3) is 0.400. The van der Waals surface area contributed by atoms with Gasteiger partial charge in [-0.05, 0) is 44.9 Å². The zero-order valence-corrected chi connectivity index (χ0v) is 22.6. The van der Waals surface area contributed by atoms with Crippen LogP contribution in [0, 0.1) is 24.0 Å². The van der Waals surface area contributed by atoms with Crippen molar-refractivity contribution in [3.05, 3.63) is 69.3 Å². The summed E-state index contributed by atoms with van der Waals surface area (Å²) in [7, 11) is 2.80. The quantitative estimate of drug-likeness (QED) is 0.339. The lowest BCUT2D eigenvalue weighted by Crippen LogP contribution is -2.58. The van der Waals surface area contributed by atoms with Gasteiger partial charge in [-0.25, -0.2) is 18.7 Å². The highest BCUT2D eigenvalue weighted by Gasteiger charge is 2.49. The van der Waals surface area contributed by atoms with Crippen molar-refractivity contribution in [3.8, 4) is 0 Å². The summed E-state index contributed by atoms with van der Waals surface area (Å²) < 4.78 is 34.9. The standard InChI is InChI=1S/C25H28BClF2N4O3S/c1-14-13-37-23(30-14)32-20-8-7-18(28)19(31-20)12-24(22(34)36-3)9-10-33(15(2)11-24)25(26,35)16-5-4-6-17(27)21(16)29/h4-8,13,15,35H,9-12,26H2,1-3H3,(H,30,31,32). The van der Waals surface area contributed by atoms with Crippen molar-refractivity contribution in [1.82, 2.24) is 14.9 Å². The number of benzene rings is 1. The van der Waals surface area contributed by atoms with Gasteiger partial charge >= 0.3 is 5.97 Å². The van der Waals surface area contributed by atoms with E-state index in [-0.39, 0.29) is 48.1 Å². The zero-order chi connectivity index (χ0) is 27.0. The van der Waals surface area contributed by atoms with Gasteiger partial charge in [0.15, 0.2) is 13.0 Å². The van der Waals surface area contributed by atoms with Gasteiger partial charge in [-0.2, -0.15) is 0 Å². The summed E-state index contributed by atoms with van der Waals surface area (Å²) in [5, 5.41) is 16.9. The second-order valence-electron chi connectivity index (χ2n) is 9.61. The number of halogens is 3. The number of anilines is 2. The topological polar surface area (TPSA) is 87.6 Å². The van der Waals surface area contributed by atoms with Gasteiger partial charge in [0.2, 0.25) is 0 Å². The summed E-state index contributed by atoms with van der Waals surface area (Å²) in [5.74, 6) is -1.30. The minimum absolute atomic E-state index is 0.00374. The Hall–Kier alpha value is -2.60. The van der Waals surface area contributed by atoms with Crippen molar-refractivity contribution in [3.63, 3.8) is 0 Å². The number of hydrogen-bond donors (Lipinski definition) is 2. The molecule has 0 bridgehead atoms. The Morgan fingerprint density at radius 3 is 2.78 bits per heavy atom. The van der Waals surface area contributed by atoms with Crippen molar-refractivity contribution in [2.24, 2.45) is 5.41 Å². The number of esters is 1. The number of pyridine rings is 1. The van der Waals surface area contributed by atoms with Crippen molar-refractivity contribution in [2.75, 3.05) is 19.0 Å². The van der Waals surface area contributed by atoms with E-state index in [1.807, 2.05) is 19.2 Å². The molecule has 1 saturated heterocycles. The summed E-state index contributed by atoms with van der Waals surface area (Å²) in [4.78, 5) is 23.6.